The van der Waals surface area contributed by atoms with Crippen LogP contribution in [0.1, 0.15) is 65.5 Å². The first kappa shape index (κ1) is 32.1. The smallest absolute Gasteiger partial charge is 0.330 e. The van der Waals surface area contributed by atoms with Crippen molar-refractivity contribution in [1.29, 1.82) is 0 Å². The summed E-state index contributed by atoms with van der Waals surface area (Å²) in [6, 6.07) is 1.15. The number of phosphoric acid groups is 1. The van der Waals surface area contributed by atoms with Crippen LogP contribution in [-0.4, -0.2) is 72.9 Å². The second-order valence-corrected chi connectivity index (χ2v) is 12.3. The van der Waals surface area contributed by atoms with Crippen LogP contribution in [0.4, 0.5) is 0 Å². The SMILES string of the molecule is CC(C)(C)[NH3+].COP(=O)([O-])O[C@H]1[C@@H](OC2CCCCO2)[C@H](n2ccc(=O)[nH]c2=O)O[C@@H]1COC1CCCCO1. The molecule has 0 amide bonds. The number of nitrogens with one attached hydrogen (secondary N) is 1. The fourth-order valence-electron chi connectivity index (χ4n) is 4.20. The standard InChI is InChI=1S/C20H31N2O11P.C4H11N/c1-27-34(25,26)33-17-13(12-30-15-6-2-4-10-28-15)31-19(22-9-8-14(23)21-20(22)24)18(17)32-16-7-3-5-11-29-16;1-4(2,3)5/h8-9,13,15-19H,2-7,10-12H2,1H3,(H,25,26)(H,21,23,24);5H2,1-3H3/t13-,15?,16?,17-,18-,19-;/m1./s1. The molecule has 0 aromatic carbocycles. The lowest BCUT2D eigenvalue weighted by Gasteiger charge is -2.33. The molecular weight excluding hydrogens is 537 g/mol. The normalized spacial score (nSPS) is 31.2. The molecule has 0 saturated carbocycles. The van der Waals surface area contributed by atoms with Crippen molar-refractivity contribution in [3.63, 3.8) is 0 Å². The molecule has 3 saturated heterocycles. The molecule has 3 fully saturated rings. The number of hydrogen-bond acceptors (Lipinski definition) is 11. The summed E-state index contributed by atoms with van der Waals surface area (Å²) in [5.74, 6) is 0. The van der Waals surface area contributed by atoms with Crippen LogP contribution in [0.5, 0.6) is 0 Å². The molecule has 0 spiro atoms. The molecule has 4 rings (SSSR count). The third-order valence-electron chi connectivity index (χ3n) is 5.92. The number of H-pyrrole nitrogens is 1. The monoisotopic (exact) mass is 579 g/mol. The number of ether oxygens (including phenoxy) is 5. The molecule has 4 N–H and O–H groups in total. The molecule has 3 aliphatic rings. The van der Waals surface area contributed by atoms with Gasteiger partial charge in [-0.2, -0.15) is 0 Å². The van der Waals surface area contributed by atoms with E-state index in [2.05, 4.69) is 36.0 Å². The van der Waals surface area contributed by atoms with Crippen molar-refractivity contribution in [2.45, 2.75) is 102 Å². The lowest BCUT2D eigenvalue weighted by atomic mass is 10.1. The maximum atomic E-state index is 12.5. The Morgan fingerprint density at radius 1 is 1.10 bits per heavy atom. The van der Waals surface area contributed by atoms with Crippen molar-refractivity contribution in [3.05, 3.63) is 33.1 Å². The minimum absolute atomic E-state index is 0.0843. The highest BCUT2D eigenvalue weighted by Gasteiger charge is 2.50. The van der Waals surface area contributed by atoms with E-state index in [0.29, 0.717) is 26.1 Å². The summed E-state index contributed by atoms with van der Waals surface area (Å²) in [6.45, 7) is 7.19. The number of quaternary nitrogens is 1. The number of rotatable bonds is 9. The van der Waals surface area contributed by atoms with Gasteiger partial charge in [0.25, 0.3) is 13.4 Å². The molecule has 39 heavy (non-hydrogen) atoms. The molecule has 0 bridgehead atoms. The van der Waals surface area contributed by atoms with Crippen molar-refractivity contribution in [3.8, 4) is 0 Å². The molecule has 3 aliphatic heterocycles. The average molecular weight is 580 g/mol. The highest BCUT2D eigenvalue weighted by atomic mass is 31.2. The second kappa shape index (κ2) is 14.4. The molecule has 14 nitrogen and oxygen atoms in total. The molecule has 7 atom stereocenters. The Hall–Kier alpha value is -1.45. The van der Waals surface area contributed by atoms with E-state index in [1.807, 2.05) is 0 Å². The summed E-state index contributed by atoms with van der Waals surface area (Å²) in [5, 5.41) is 0. The van der Waals surface area contributed by atoms with Gasteiger partial charge >= 0.3 is 5.69 Å². The van der Waals surface area contributed by atoms with Crippen LogP contribution >= 0.6 is 7.82 Å². The molecule has 0 radical (unpaired) electrons. The quantitative estimate of drug-likeness (QED) is 0.386. The van der Waals surface area contributed by atoms with E-state index >= 15 is 0 Å². The highest BCUT2D eigenvalue weighted by Crippen LogP contribution is 2.45. The fourth-order valence-corrected chi connectivity index (χ4v) is 4.84. The van der Waals surface area contributed by atoms with E-state index in [9.17, 15) is 19.0 Å². The average Bonchev–Trinajstić information content (AvgIpc) is 3.19. The summed E-state index contributed by atoms with van der Waals surface area (Å²) >= 11 is 0. The lowest BCUT2D eigenvalue weighted by molar-refractivity contribution is -0.458. The lowest BCUT2D eigenvalue weighted by Crippen LogP contribution is -2.67. The Kier molecular flexibility index (Phi) is 11.9. The minimum Gasteiger partial charge on any atom is -0.756 e. The van der Waals surface area contributed by atoms with Gasteiger partial charge in [-0.05, 0) is 59.3 Å². The topological polar surface area (TPSA) is 187 Å². The maximum absolute atomic E-state index is 12.5. The molecule has 0 aliphatic carbocycles. The largest absolute Gasteiger partial charge is 0.756 e. The molecule has 1 aromatic rings. The van der Waals surface area contributed by atoms with Crippen LogP contribution in [0.15, 0.2) is 21.9 Å². The summed E-state index contributed by atoms with van der Waals surface area (Å²) in [4.78, 5) is 38.5. The number of hydrogen-bond donors (Lipinski definition) is 2. The third kappa shape index (κ3) is 10.5. The number of phosphoric ester groups is 1. The summed E-state index contributed by atoms with van der Waals surface area (Å²) in [6.07, 6.45) is 0.619. The van der Waals surface area contributed by atoms with Gasteiger partial charge in [-0.1, -0.05) is 0 Å². The van der Waals surface area contributed by atoms with Crippen LogP contribution in [0.3, 0.4) is 0 Å². The van der Waals surface area contributed by atoms with Crippen molar-refractivity contribution in [2.24, 2.45) is 0 Å². The first-order valence-corrected chi connectivity index (χ1v) is 14.7. The Balaban J connectivity index is 0.000000771. The van der Waals surface area contributed by atoms with Gasteiger partial charge in [-0.3, -0.25) is 18.9 Å². The zero-order chi connectivity index (χ0) is 28.6. The minimum atomic E-state index is -4.73. The van der Waals surface area contributed by atoms with E-state index in [-0.39, 0.29) is 12.1 Å². The number of nitrogens with zero attached hydrogens (tertiary/aromatic N) is 1. The number of aromatic amines is 1. The maximum Gasteiger partial charge on any atom is 0.330 e. The third-order valence-corrected chi connectivity index (χ3v) is 6.87. The van der Waals surface area contributed by atoms with Gasteiger partial charge in [0, 0.05) is 32.6 Å². The van der Waals surface area contributed by atoms with E-state index in [0.717, 1.165) is 43.4 Å². The van der Waals surface area contributed by atoms with E-state index < -0.39 is 56.2 Å². The van der Waals surface area contributed by atoms with E-state index in [4.69, 9.17) is 28.2 Å². The van der Waals surface area contributed by atoms with Crippen molar-refractivity contribution < 1.29 is 47.9 Å². The predicted molar refractivity (Wildman–Crippen MR) is 135 cm³/mol. The molecular formula is C24H42N3O11P. The van der Waals surface area contributed by atoms with Crippen LogP contribution in [-0.2, 0) is 37.3 Å². The Morgan fingerprint density at radius 2 is 1.72 bits per heavy atom. The molecule has 4 heterocycles. The summed E-state index contributed by atoms with van der Waals surface area (Å²) < 4.78 is 52.4. The van der Waals surface area contributed by atoms with Gasteiger partial charge in [0.05, 0.1) is 12.1 Å². The van der Waals surface area contributed by atoms with Crippen molar-refractivity contribution in [2.75, 3.05) is 26.9 Å². The number of aromatic nitrogens is 2. The molecule has 15 heteroatoms. The van der Waals surface area contributed by atoms with Gasteiger partial charge in [0.1, 0.15) is 18.3 Å². The van der Waals surface area contributed by atoms with Gasteiger partial charge in [0.15, 0.2) is 18.8 Å². The molecule has 3 unspecified atom stereocenters. The first-order chi connectivity index (χ1) is 18.4. The van der Waals surface area contributed by atoms with Crippen LogP contribution < -0.4 is 21.9 Å². The van der Waals surface area contributed by atoms with Crippen molar-refractivity contribution in [1.82, 2.24) is 9.55 Å². The van der Waals surface area contributed by atoms with Crippen molar-refractivity contribution >= 4 is 7.82 Å². The van der Waals surface area contributed by atoms with Gasteiger partial charge in [-0.15, -0.1) is 0 Å². The zero-order valence-corrected chi connectivity index (χ0v) is 24.0. The van der Waals surface area contributed by atoms with Crippen LogP contribution in [0.25, 0.3) is 0 Å². The first-order valence-electron chi connectivity index (χ1n) is 13.2. The molecule has 224 valence electrons. The van der Waals surface area contributed by atoms with Crippen LogP contribution in [0, 0.1) is 0 Å². The van der Waals surface area contributed by atoms with Crippen LogP contribution in [0.2, 0.25) is 0 Å². The molecule has 1 aromatic heterocycles. The Labute approximate surface area is 227 Å². The fraction of sp³-hybridized carbons (Fsp3) is 0.833. The Morgan fingerprint density at radius 3 is 2.26 bits per heavy atom. The summed E-state index contributed by atoms with van der Waals surface area (Å²) in [7, 11) is -3.75. The second-order valence-electron chi connectivity index (χ2n) is 10.9. The Bertz CT molecular complexity index is 1040. The van der Waals surface area contributed by atoms with Gasteiger partial charge in [-0.25, -0.2) is 4.79 Å². The van der Waals surface area contributed by atoms with E-state index in [1.165, 1.54) is 6.20 Å². The highest BCUT2D eigenvalue weighted by molar-refractivity contribution is 7.45. The van der Waals surface area contributed by atoms with Gasteiger partial charge < -0.3 is 43.4 Å². The predicted octanol–water partition coefficient (Wildman–Crippen LogP) is 0.416. The van der Waals surface area contributed by atoms with Gasteiger partial charge in [0.2, 0.25) is 0 Å². The zero-order valence-electron chi connectivity index (χ0n) is 23.1. The van der Waals surface area contributed by atoms with E-state index in [1.54, 1.807) is 0 Å². The summed E-state index contributed by atoms with van der Waals surface area (Å²) in [5.41, 5.74) is 2.69.